The van der Waals surface area contributed by atoms with Gasteiger partial charge < -0.3 is 15.2 Å². The fourth-order valence-corrected chi connectivity index (χ4v) is 4.67. The largest absolute Gasteiger partial charge is 0.495 e. The molecule has 2 aromatic carbocycles. The highest BCUT2D eigenvalue weighted by atomic mass is 19.1. The Kier molecular flexibility index (Phi) is 4.86. The monoisotopic (exact) mass is 460 g/mol. The molecule has 3 aromatic rings. The zero-order valence-electron chi connectivity index (χ0n) is 19.4. The minimum atomic E-state index is -1.45. The van der Waals surface area contributed by atoms with Crippen molar-refractivity contribution in [2.45, 2.75) is 31.4 Å². The molecule has 1 atom stereocenters. The van der Waals surface area contributed by atoms with E-state index in [0.717, 1.165) is 11.3 Å². The summed E-state index contributed by atoms with van der Waals surface area (Å²) < 4.78 is 26.2. The number of fused-ring (bicyclic) bond motifs is 1. The van der Waals surface area contributed by atoms with Gasteiger partial charge in [0.15, 0.2) is 11.5 Å². The number of rotatable bonds is 4. The van der Waals surface area contributed by atoms with Crippen molar-refractivity contribution in [2.75, 3.05) is 14.2 Å². The molecule has 0 bridgehead atoms. The fraction of sp³-hybridized carbons (Fsp3) is 0.269. The van der Waals surface area contributed by atoms with Gasteiger partial charge in [0.25, 0.3) is 5.91 Å². The van der Waals surface area contributed by atoms with Crippen molar-refractivity contribution in [3.8, 4) is 22.6 Å². The third kappa shape index (κ3) is 3.29. The van der Waals surface area contributed by atoms with Crippen LogP contribution in [0.25, 0.3) is 11.1 Å². The summed E-state index contributed by atoms with van der Waals surface area (Å²) in [5.41, 5.74) is 7.27. The van der Waals surface area contributed by atoms with Gasteiger partial charge >= 0.3 is 0 Å². The van der Waals surface area contributed by atoms with E-state index in [1.165, 1.54) is 18.1 Å². The summed E-state index contributed by atoms with van der Waals surface area (Å²) in [5.74, 6) is 0.605. The third-order valence-electron chi connectivity index (χ3n) is 6.36. The van der Waals surface area contributed by atoms with E-state index in [-0.39, 0.29) is 23.0 Å². The Labute approximate surface area is 197 Å². The maximum Gasteiger partial charge on any atom is 0.266 e. The number of carbonyl (C=O) groups excluding carboxylic acids is 1. The molecule has 34 heavy (non-hydrogen) atoms. The number of guanidine groups is 1. The van der Waals surface area contributed by atoms with E-state index in [4.69, 9.17) is 15.2 Å². The molecule has 2 aliphatic heterocycles. The SMILES string of the molecule is COc1cncc(-c2cc(C3(c4ccc5c(c4)CC(C)(C)O5)N=C(N)N(C)C3=O)ccc2F)c1. The number of pyridine rings is 1. The van der Waals surface area contributed by atoms with E-state index in [9.17, 15) is 9.18 Å². The Balaban J connectivity index is 1.71. The average Bonchev–Trinajstić information content (AvgIpc) is 3.26. The number of benzene rings is 2. The molecule has 8 heteroatoms. The molecule has 0 spiro atoms. The second-order valence-electron chi connectivity index (χ2n) is 9.21. The summed E-state index contributed by atoms with van der Waals surface area (Å²) in [6, 6.07) is 11.9. The van der Waals surface area contributed by atoms with Crippen LogP contribution in [0.4, 0.5) is 4.39 Å². The Bertz CT molecular complexity index is 1350. The van der Waals surface area contributed by atoms with Gasteiger partial charge in [-0.2, -0.15) is 0 Å². The van der Waals surface area contributed by atoms with Crippen LogP contribution in [0, 0.1) is 5.82 Å². The van der Waals surface area contributed by atoms with E-state index in [1.807, 2.05) is 32.0 Å². The first-order chi connectivity index (χ1) is 16.1. The van der Waals surface area contributed by atoms with E-state index in [1.54, 1.807) is 37.6 Å². The van der Waals surface area contributed by atoms with Gasteiger partial charge in [-0.05, 0) is 60.9 Å². The minimum absolute atomic E-state index is 0.0935. The van der Waals surface area contributed by atoms with Crippen molar-refractivity contribution in [1.29, 1.82) is 0 Å². The zero-order valence-corrected chi connectivity index (χ0v) is 19.4. The first kappa shape index (κ1) is 21.9. The molecule has 2 N–H and O–H groups in total. The predicted octanol–water partition coefficient (Wildman–Crippen LogP) is 3.64. The second kappa shape index (κ2) is 7.55. The first-order valence-corrected chi connectivity index (χ1v) is 10.9. The number of ether oxygens (including phenoxy) is 2. The van der Waals surface area contributed by atoms with Gasteiger partial charge in [0.05, 0.1) is 13.3 Å². The van der Waals surface area contributed by atoms with Gasteiger partial charge in [0, 0.05) is 30.8 Å². The Hall–Kier alpha value is -3.94. The number of halogens is 1. The summed E-state index contributed by atoms with van der Waals surface area (Å²) in [6.07, 6.45) is 3.79. The Morgan fingerprint density at radius 3 is 2.56 bits per heavy atom. The molecular formula is C26H25FN4O3. The topological polar surface area (TPSA) is 90.0 Å². The highest BCUT2D eigenvalue weighted by Crippen LogP contribution is 2.44. The third-order valence-corrected chi connectivity index (χ3v) is 6.36. The maximum absolute atomic E-state index is 15.0. The second-order valence-corrected chi connectivity index (χ2v) is 9.21. The summed E-state index contributed by atoms with van der Waals surface area (Å²) >= 11 is 0. The smallest absolute Gasteiger partial charge is 0.266 e. The van der Waals surface area contributed by atoms with Crippen LogP contribution in [-0.4, -0.2) is 41.5 Å². The molecule has 3 heterocycles. The molecule has 2 aliphatic rings. The number of nitrogens with zero attached hydrogens (tertiary/aromatic N) is 3. The van der Waals surface area contributed by atoms with E-state index < -0.39 is 11.4 Å². The van der Waals surface area contributed by atoms with Crippen molar-refractivity contribution >= 4 is 11.9 Å². The fourth-order valence-electron chi connectivity index (χ4n) is 4.67. The molecule has 0 saturated heterocycles. The van der Waals surface area contributed by atoms with Crippen LogP contribution in [0.1, 0.15) is 30.5 Å². The van der Waals surface area contributed by atoms with Crippen molar-refractivity contribution < 1.29 is 18.7 Å². The standard InChI is InChI=1S/C26H25FN4O3/c1-25(2)12-15-9-17(6-8-22(15)34-25)26(23(32)31(3)24(28)30-26)18-5-7-21(27)20(11-18)16-10-19(33-4)14-29-13-16/h5-11,13-14H,12H2,1-4H3,(H2,28,30). The number of nitrogens with two attached hydrogens (primary N) is 1. The molecule has 0 saturated carbocycles. The molecule has 0 fully saturated rings. The lowest BCUT2D eigenvalue weighted by molar-refractivity contribution is -0.129. The molecule has 1 aromatic heterocycles. The molecule has 0 radical (unpaired) electrons. The lowest BCUT2D eigenvalue weighted by Crippen LogP contribution is -2.41. The van der Waals surface area contributed by atoms with Crippen LogP contribution in [0.5, 0.6) is 11.5 Å². The van der Waals surface area contributed by atoms with E-state index >= 15 is 0 Å². The maximum atomic E-state index is 15.0. The van der Waals surface area contributed by atoms with Gasteiger partial charge in [-0.3, -0.25) is 14.7 Å². The van der Waals surface area contributed by atoms with Crippen LogP contribution >= 0.6 is 0 Å². The van der Waals surface area contributed by atoms with Crippen molar-refractivity contribution in [3.05, 3.63) is 77.4 Å². The number of likely N-dealkylation sites (N-methyl/N-ethyl adjacent to an activating group) is 1. The van der Waals surface area contributed by atoms with Crippen LogP contribution in [0.15, 0.2) is 59.9 Å². The highest BCUT2D eigenvalue weighted by Gasteiger charge is 2.50. The Morgan fingerprint density at radius 1 is 1.12 bits per heavy atom. The average molecular weight is 461 g/mol. The van der Waals surface area contributed by atoms with Crippen LogP contribution < -0.4 is 15.2 Å². The van der Waals surface area contributed by atoms with Crippen molar-refractivity contribution in [3.63, 3.8) is 0 Å². The van der Waals surface area contributed by atoms with Gasteiger partial charge in [-0.15, -0.1) is 0 Å². The number of hydrogen-bond donors (Lipinski definition) is 1. The summed E-state index contributed by atoms with van der Waals surface area (Å²) in [7, 11) is 3.10. The van der Waals surface area contributed by atoms with Crippen LogP contribution in [-0.2, 0) is 16.8 Å². The van der Waals surface area contributed by atoms with E-state index in [2.05, 4.69) is 9.98 Å². The molecule has 0 aliphatic carbocycles. The number of hydrogen-bond acceptors (Lipinski definition) is 6. The number of aliphatic imine (C=N–C) groups is 1. The zero-order chi connectivity index (χ0) is 24.3. The number of amides is 1. The molecule has 1 amide bonds. The number of aromatic nitrogens is 1. The molecule has 1 unspecified atom stereocenters. The van der Waals surface area contributed by atoms with Crippen molar-refractivity contribution in [1.82, 2.24) is 9.88 Å². The van der Waals surface area contributed by atoms with Gasteiger partial charge in [0.1, 0.15) is 22.9 Å². The molecule has 7 nitrogen and oxygen atoms in total. The molecule has 5 rings (SSSR count). The predicted molar refractivity (Wildman–Crippen MR) is 126 cm³/mol. The van der Waals surface area contributed by atoms with Gasteiger partial charge in [-0.1, -0.05) is 12.1 Å². The lowest BCUT2D eigenvalue weighted by atomic mass is 9.80. The minimum Gasteiger partial charge on any atom is -0.495 e. The Morgan fingerprint density at radius 2 is 1.85 bits per heavy atom. The van der Waals surface area contributed by atoms with Crippen LogP contribution in [0.3, 0.4) is 0 Å². The summed E-state index contributed by atoms with van der Waals surface area (Å²) in [6.45, 7) is 4.03. The molecular weight excluding hydrogens is 435 g/mol. The highest BCUT2D eigenvalue weighted by molar-refractivity contribution is 6.09. The number of methoxy groups -OCH3 is 1. The number of carbonyl (C=O) groups is 1. The normalized spacial score (nSPS) is 20.7. The molecule has 174 valence electrons. The lowest BCUT2D eigenvalue weighted by Gasteiger charge is -2.27. The van der Waals surface area contributed by atoms with Crippen LogP contribution in [0.2, 0.25) is 0 Å². The first-order valence-electron chi connectivity index (χ1n) is 10.9. The summed E-state index contributed by atoms with van der Waals surface area (Å²) in [4.78, 5) is 23.8. The van der Waals surface area contributed by atoms with Gasteiger partial charge in [0.2, 0.25) is 0 Å². The van der Waals surface area contributed by atoms with Gasteiger partial charge in [-0.25, -0.2) is 9.38 Å². The van der Waals surface area contributed by atoms with Crippen molar-refractivity contribution in [2.24, 2.45) is 10.7 Å². The van der Waals surface area contributed by atoms with E-state index in [0.29, 0.717) is 28.9 Å². The quantitative estimate of drug-likeness (QED) is 0.642. The summed E-state index contributed by atoms with van der Waals surface area (Å²) in [5, 5.41) is 0.